The molecular weight excluding hydrogens is 348 g/mol. The molecule has 26 heavy (non-hydrogen) atoms. The fraction of sp³-hybridized carbons (Fsp3) is 0.381. The van der Waals surface area contributed by atoms with Crippen LogP contribution in [0.5, 0.6) is 5.75 Å². The van der Waals surface area contributed by atoms with Crippen LogP contribution in [0.25, 0.3) is 0 Å². The fourth-order valence-electron chi connectivity index (χ4n) is 3.46. The summed E-state index contributed by atoms with van der Waals surface area (Å²) in [6.45, 7) is 2.67. The Bertz CT molecular complexity index is 731. The van der Waals surface area contributed by atoms with Gasteiger partial charge in [-0.25, -0.2) is 0 Å². The van der Waals surface area contributed by atoms with Crippen LogP contribution in [0.2, 0.25) is 5.02 Å². The highest BCUT2D eigenvalue weighted by atomic mass is 35.5. The number of hydrogen-bond donors (Lipinski definition) is 0. The van der Waals surface area contributed by atoms with Crippen LogP contribution in [0.1, 0.15) is 18.4 Å². The molecule has 0 N–H and O–H groups in total. The highest BCUT2D eigenvalue weighted by Crippen LogP contribution is 2.24. The van der Waals surface area contributed by atoms with Crippen molar-refractivity contribution >= 4 is 23.2 Å². The molecule has 0 bridgehead atoms. The summed E-state index contributed by atoms with van der Waals surface area (Å²) in [5, 5.41) is 0.751. The number of ether oxygens (including phenoxy) is 1. The van der Waals surface area contributed by atoms with E-state index in [-0.39, 0.29) is 11.8 Å². The van der Waals surface area contributed by atoms with Gasteiger partial charge in [0.15, 0.2) is 0 Å². The van der Waals surface area contributed by atoms with Gasteiger partial charge in [-0.2, -0.15) is 0 Å². The normalized spacial score (nSPS) is 17.7. The Morgan fingerprint density at radius 3 is 2.54 bits per heavy atom. The van der Waals surface area contributed by atoms with Gasteiger partial charge in [0.05, 0.1) is 13.0 Å². The van der Waals surface area contributed by atoms with Crippen molar-refractivity contribution in [3.63, 3.8) is 0 Å². The summed E-state index contributed by atoms with van der Waals surface area (Å²) in [7, 11) is 3.49. The van der Waals surface area contributed by atoms with Crippen molar-refractivity contribution in [1.29, 1.82) is 0 Å². The number of benzene rings is 2. The van der Waals surface area contributed by atoms with Gasteiger partial charge in [0.25, 0.3) is 0 Å². The molecule has 3 rings (SSSR count). The topological polar surface area (TPSA) is 32.8 Å². The molecule has 2 aromatic carbocycles. The molecule has 1 heterocycles. The Morgan fingerprint density at radius 1 is 1.19 bits per heavy atom. The molecule has 5 heteroatoms. The average molecular weight is 373 g/mol. The lowest BCUT2D eigenvalue weighted by Crippen LogP contribution is -2.43. The monoisotopic (exact) mass is 372 g/mol. The molecule has 1 aliphatic rings. The second-order valence-corrected chi connectivity index (χ2v) is 7.23. The minimum absolute atomic E-state index is 0.0307. The first-order chi connectivity index (χ1) is 12.6. The van der Waals surface area contributed by atoms with Crippen LogP contribution in [0.15, 0.2) is 48.5 Å². The Morgan fingerprint density at radius 2 is 1.88 bits per heavy atom. The van der Waals surface area contributed by atoms with Crippen molar-refractivity contribution < 1.29 is 9.53 Å². The largest absolute Gasteiger partial charge is 0.497 e. The molecule has 4 nitrogen and oxygen atoms in total. The van der Waals surface area contributed by atoms with Crippen molar-refractivity contribution in [1.82, 2.24) is 4.90 Å². The maximum atomic E-state index is 12.9. The molecule has 138 valence electrons. The minimum Gasteiger partial charge on any atom is -0.497 e. The van der Waals surface area contributed by atoms with Crippen molar-refractivity contribution in [2.75, 3.05) is 32.1 Å². The van der Waals surface area contributed by atoms with Crippen molar-refractivity contribution in [2.24, 2.45) is 5.92 Å². The lowest BCUT2D eigenvalue weighted by atomic mass is 9.96. The van der Waals surface area contributed by atoms with Gasteiger partial charge < -0.3 is 9.64 Å². The summed E-state index contributed by atoms with van der Waals surface area (Å²) in [5.74, 6) is 1.00. The van der Waals surface area contributed by atoms with Crippen LogP contribution < -0.4 is 9.64 Å². The average Bonchev–Trinajstić information content (AvgIpc) is 2.69. The van der Waals surface area contributed by atoms with E-state index in [9.17, 15) is 4.79 Å². The second-order valence-electron chi connectivity index (χ2n) is 6.80. The molecule has 1 atom stereocenters. The van der Waals surface area contributed by atoms with Gasteiger partial charge in [-0.15, -0.1) is 0 Å². The predicted molar refractivity (Wildman–Crippen MR) is 106 cm³/mol. The van der Waals surface area contributed by atoms with Crippen LogP contribution in [-0.4, -0.2) is 38.1 Å². The molecule has 2 aromatic rings. The summed E-state index contributed by atoms with van der Waals surface area (Å²) in [5.41, 5.74) is 2.12. The Kier molecular flexibility index (Phi) is 6.17. The van der Waals surface area contributed by atoms with Gasteiger partial charge in [-0.05, 0) is 61.3 Å². The maximum absolute atomic E-state index is 12.9. The molecule has 1 amide bonds. The third-order valence-electron chi connectivity index (χ3n) is 4.96. The van der Waals surface area contributed by atoms with E-state index in [0.29, 0.717) is 0 Å². The molecule has 0 aromatic heterocycles. The minimum atomic E-state index is 0.0307. The fourth-order valence-corrected chi connectivity index (χ4v) is 3.58. The van der Waals surface area contributed by atoms with Crippen molar-refractivity contribution in [2.45, 2.75) is 19.4 Å². The number of rotatable bonds is 5. The summed E-state index contributed by atoms with van der Waals surface area (Å²) >= 11 is 5.96. The van der Waals surface area contributed by atoms with Gasteiger partial charge in [0, 0.05) is 30.8 Å². The Labute approximate surface area is 160 Å². The second kappa shape index (κ2) is 8.56. The number of likely N-dealkylation sites (tertiary alicyclic amines) is 1. The maximum Gasteiger partial charge on any atom is 0.231 e. The van der Waals surface area contributed by atoms with E-state index in [2.05, 4.69) is 17.0 Å². The summed E-state index contributed by atoms with van der Waals surface area (Å²) in [6.07, 6.45) is 1.98. The third-order valence-corrected chi connectivity index (χ3v) is 5.22. The van der Waals surface area contributed by atoms with Crippen LogP contribution in [0.3, 0.4) is 0 Å². The molecule has 1 aliphatic heterocycles. The SMILES string of the molecule is COc1ccc(N(C)C(=O)C2CCCN(Cc3ccc(Cl)cc3)C2)cc1. The van der Waals surface area contributed by atoms with E-state index in [1.54, 1.807) is 12.0 Å². The molecule has 0 aliphatic carbocycles. The quantitative estimate of drug-likeness (QED) is 0.787. The van der Waals surface area contributed by atoms with Crippen LogP contribution in [0.4, 0.5) is 5.69 Å². The van der Waals surface area contributed by atoms with E-state index in [0.717, 1.165) is 48.9 Å². The van der Waals surface area contributed by atoms with Gasteiger partial charge >= 0.3 is 0 Å². The first kappa shape index (κ1) is 18.7. The number of carbonyl (C=O) groups excluding carboxylic acids is 1. The number of halogens is 1. The number of amides is 1. The first-order valence-electron chi connectivity index (χ1n) is 8.95. The lowest BCUT2D eigenvalue weighted by molar-refractivity contribution is -0.123. The van der Waals surface area contributed by atoms with E-state index < -0.39 is 0 Å². The zero-order chi connectivity index (χ0) is 18.5. The molecule has 1 unspecified atom stereocenters. The molecule has 0 saturated carbocycles. The molecule has 0 radical (unpaired) electrons. The molecule has 1 fully saturated rings. The first-order valence-corrected chi connectivity index (χ1v) is 9.33. The summed E-state index contributed by atoms with van der Waals surface area (Å²) < 4.78 is 5.19. The summed E-state index contributed by atoms with van der Waals surface area (Å²) in [6, 6.07) is 15.5. The number of anilines is 1. The smallest absolute Gasteiger partial charge is 0.231 e. The highest BCUT2D eigenvalue weighted by molar-refractivity contribution is 6.30. The number of carbonyl (C=O) groups is 1. The van der Waals surface area contributed by atoms with Gasteiger partial charge in [0.2, 0.25) is 5.91 Å². The van der Waals surface area contributed by atoms with Crippen molar-refractivity contribution in [3.8, 4) is 5.75 Å². The molecular formula is C21H25ClN2O2. The zero-order valence-electron chi connectivity index (χ0n) is 15.3. The van der Waals surface area contributed by atoms with Crippen LogP contribution in [-0.2, 0) is 11.3 Å². The Balaban J connectivity index is 1.62. The predicted octanol–water partition coefficient (Wildman–Crippen LogP) is 4.22. The van der Waals surface area contributed by atoms with Crippen molar-refractivity contribution in [3.05, 3.63) is 59.1 Å². The van der Waals surface area contributed by atoms with Crippen LogP contribution >= 0.6 is 11.6 Å². The van der Waals surface area contributed by atoms with E-state index in [1.165, 1.54) is 5.56 Å². The van der Waals surface area contributed by atoms with E-state index in [4.69, 9.17) is 16.3 Å². The zero-order valence-corrected chi connectivity index (χ0v) is 16.1. The Hall–Kier alpha value is -2.04. The van der Waals surface area contributed by atoms with Gasteiger partial charge in [-0.1, -0.05) is 23.7 Å². The summed E-state index contributed by atoms with van der Waals surface area (Å²) in [4.78, 5) is 17.1. The number of hydrogen-bond acceptors (Lipinski definition) is 3. The third kappa shape index (κ3) is 4.57. The van der Waals surface area contributed by atoms with E-state index in [1.807, 2.05) is 43.4 Å². The highest BCUT2D eigenvalue weighted by Gasteiger charge is 2.28. The standard InChI is InChI=1S/C21H25ClN2O2/c1-23(19-9-11-20(26-2)12-10-19)21(25)17-4-3-13-24(15-17)14-16-5-7-18(22)8-6-16/h5-12,17H,3-4,13-15H2,1-2H3. The molecule has 1 saturated heterocycles. The lowest BCUT2D eigenvalue weighted by Gasteiger charge is -2.34. The van der Waals surface area contributed by atoms with Crippen LogP contribution in [0, 0.1) is 5.92 Å². The van der Waals surface area contributed by atoms with Gasteiger partial charge in [-0.3, -0.25) is 9.69 Å². The number of methoxy groups -OCH3 is 1. The molecule has 0 spiro atoms. The number of nitrogens with zero attached hydrogens (tertiary/aromatic N) is 2. The number of piperidine rings is 1. The van der Waals surface area contributed by atoms with Gasteiger partial charge in [0.1, 0.15) is 5.75 Å². The van der Waals surface area contributed by atoms with E-state index >= 15 is 0 Å².